The Morgan fingerprint density at radius 3 is 1.07 bits per heavy atom. The number of unbranched alkanes of at least 4 members (excludes halogenated alkanes) is 18. The summed E-state index contributed by atoms with van der Waals surface area (Å²) in [4.78, 5) is 0. The van der Waals surface area contributed by atoms with Crippen molar-refractivity contribution in [2.45, 2.75) is 155 Å². The van der Waals surface area contributed by atoms with Crippen molar-refractivity contribution in [3.05, 3.63) is 37.0 Å². The lowest BCUT2D eigenvalue weighted by molar-refractivity contribution is 0.532. The Hall–Kier alpha value is -0.780. The second-order valence-electron chi connectivity index (χ2n) is 9.29. The Balaban J connectivity index is 3.36. The zero-order valence-corrected chi connectivity index (χ0v) is 20.9. The molecule has 0 aliphatic rings. The van der Waals surface area contributed by atoms with Crippen molar-refractivity contribution in [1.82, 2.24) is 0 Å². The fourth-order valence-electron chi connectivity index (χ4n) is 4.37. The molecule has 0 saturated carbocycles. The standard InChI is InChI=1S/C30H56/c1-4-7-9-11-13-14-15-16-17-18-19-20-21-22-24-26-29-30(27-6-3)28-25-23-12-10-8-5-2/h4-5,27H,1-2,6-26,28-29H2,3H3. The third-order valence-corrected chi connectivity index (χ3v) is 6.31. The second kappa shape index (κ2) is 26.3. The zero-order valence-electron chi connectivity index (χ0n) is 20.9. The predicted molar refractivity (Wildman–Crippen MR) is 140 cm³/mol. The molecule has 30 heavy (non-hydrogen) atoms. The summed E-state index contributed by atoms with van der Waals surface area (Å²) in [7, 11) is 0. The molecule has 0 radical (unpaired) electrons. The fourth-order valence-corrected chi connectivity index (χ4v) is 4.37. The highest BCUT2D eigenvalue weighted by atomic mass is 14.1. The minimum atomic E-state index is 1.19. The molecule has 0 amide bonds. The second-order valence-corrected chi connectivity index (χ2v) is 9.29. The van der Waals surface area contributed by atoms with Crippen molar-refractivity contribution in [3.63, 3.8) is 0 Å². The highest BCUT2D eigenvalue weighted by Gasteiger charge is 1.99. The van der Waals surface area contributed by atoms with Gasteiger partial charge >= 0.3 is 0 Å². The average Bonchev–Trinajstić information content (AvgIpc) is 2.75. The van der Waals surface area contributed by atoms with Gasteiger partial charge < -0.3 is 0 Å². The summed E-state index contributed by atoms with van der Waals surface area (Å²) in [5.41, 5.74) is 1.74. The van der Waals surface area contributed by atoms with E-state index in [1.165, 1.54) is 148 Å². The molecule has 0 aromatic heterocycles. The first kappa shape index (κ1) is 29.2. The molecular formula is C30H56. The monoisotopic (exact) mass is 416 g/mol. The minimum absolute atomic E-state index is 1.19. The summed E-state index contributed by atoms with van der Waals surface area (Å²) in [6.45, 7) is 9.89. The SMILES string of the molecule is C=CCCCCCCCCCCCCCCCCC(=CCC)CCCCCCC=C. The zero-order chi connectivity index (χ0) is 22.0. The quantitative estimate of drug-likeness (QED) is 0.102. The molecule has 0 spiro atoms. The van der Waals surface area contributed by atoms with Crippen molar-refractivity contribution in [2.75, 3.05) is 0 Å². The van der Waals surface area contributed by atoms with Crippen molar-refractivity contribution in [1.29, 1.82) is 0 Å². The molecule has 0 N–H and O–H groups in total. The molecule has 0 heteroatoms. The van der Waals surface area contributed by atoms with E-state index in [4.69, 9.17) is 0 Å². The van der Waals surface area contributed by atoms with Crippen LogP contribution >= 0.6 is 0 Å². The van der Waals surface area contributed by atoms with Crippen LogP contribution in [-0.2, 0) is 0 Å². The molecule has 0 aromatic rings. The first-order valence-corrected chi connectivity index (χ1v) is 13.7. The topological polar surface area (TPSA) is 0 Å². The van der Waals surface area contributed by atoms with Crippen LogP contribution in [0, 0.1) is 0 Å². The van der Waals surface area contributed by atoms with Gasteiger partial charge in [0.15, 0.2) is 0 Å². The van der Waals surface area contributed by atoms with E-state index in [0.29, 0.717) is 0 Å². The lowest BCUT2D eigenvalue weighted by Gasteiger charge is -2.08. The van der Waals surface area contributed by atoms with Crippen LogP contribution in [0.5, 0.6) is 0 Å². The van der Waals surface area contributed by atoms with Gasteiger partial charge in [-0.1, -0.05) is 121 Å². The number of hydrogen-bond acceptors (Lipinski definition) is 0. The molecule has 0 unspecified atom stereocenters. The van der Waals surface area contributed by atoms with Crippen LogP contribution < -0.4 is 0 Å². The van der Waals surface area contributed by atoms with E-state index in [9.17, 15) is 0 Å². The normalized spacial score (nSPS) is 11.7. The van der Waals surface area contributed by atoms with Gasteiger partial charge in [-0.05, 0) is 57.8 Å². The van der Waals surface area contributed by atoms with E-state index >= 15 is 0 Å². The summed E-state index contributed by atoms with van der Waals surface area (Å²) in [6.07, 6.45) is 38.5. The van der Waals surface area contributed by atoms with Crippen LogP contribution in [0.25, 0.3) is 0 Å². The lowest BCUT2D eigenvalue weighted by atomic mass is 9.98. The smallest absolute Gasteiger partial charge is 0.0320 e. The summed E-state index contributed by atoms with van der Waals surface area (Å²) in [5.74, 6) is 0. The Bertz CT molecular complexity index is 375. The largest absolute Gasteiger partial charge is 0.103 e. The van der Waals surface area contributed by atoms with Crippen molar-refractivity contribution in [3.8, 4) is 0 Å². The molecule has 0 aromatic carbocycles. The van der Waals surface area contributed by atoms with E-state index in [0.717, 1.165) is 0 Å². The van der Waals surface area contributed by atoms with Gasteiger partial charge in [0.05, 0.1) is 0 Å². The summed E-state index contributed by atoms with van der Waals surface area (Å²) in [5, 5.41) is 0. The average molecular weight is 417 g/mol. The highest BCUT2D eigenvalue weighted by molar-refractivity contribution is 5.01. The van der Waals surface area contributed by atoms with Gasteiger partial charge in [-0.15, -0.1) is 13.2 Å². The molecule has 0 nitrogen and oxygen atoms in total. The molecule has 0 aliphatic heterocycles. The Morgan fingerprint density at radius 1 is 0.467 bits per heavy atom. The van der Waals surface area contributed by atoms with Crippen LogP contribution in [0.2, 0.25) is 0 Å². The molecule has 0 fully saturated rings. The first-order chi connectivity index (χ1) is 14.8. The van der Waals surface area contributed by atoms with Crippen LogP contribution in [0.1, 0.15) is 155 Å². The van der Waals surface area contributed by atoms with Crippen LogP contribution in [-0.4, -0.2) is 0 Å². The Labute approximate surface area is 191 Å². The van der Waals surface area contributed by atoms with E-state index < -0.39 is 0 Å². The number of hydrogen-bond donors (Lipinski definition) is 0. The van der Waals surface area contributed by atoms with E-state index in [1.54, 1.807) is 5.57 Å². The van der Waals surface area contributed by atoms with E-state index in [2.05, 4.69) is 38.3 Å². The summed E-state index contributed by atoms with van der Waals surface area (Å²) >= 11 is 0. The lowest BCUT2D eigenvalue weighted by Crippen LogP contribution is -1.88. The first-order valence-electron chi connectivity index (χ1n) is 13.7. The van der Waals surface area contributed by atoms with Crippen molar-refractivity contribution >= 4 is 0 Å². The number of rotatable bonds is 25. The molecule has 0 bridgehead atoms. The maximum absolute atomic E-state index is 3.81. The van der Waals surface area contributed by atoms with Gasteiger partial charge in [-0.3, -0.25) is 0 Å². The Kier molecular flexibility index (Phi) is 25.6. The third-order valence-electron chi connectivity index (χ3n) is 6.31. The third kappa shape index (κ3) is 23.5. The summed E-state index contributed by atoms with van der Waals surface area (Å²) in [6, 6.07) is 0. The minimum Gasteiger partial charge on any atom is -0.103 e. The van der Waals surface area contributed by atoms with E-state index in [-0.39, 0.29) is 0 Å². The van der Waals surface area contributed by atoms with Gasteiger partial charge in [0.2, 0.25) is 0 Å². The summed E-state index contributed by atoms with van der Waals surface area (Å²) < 4.78 is 0. The fraction of sp³-hybridized carbons (Fsp3) is 0.800. The molecule has 0 atom stereocenters. The van der Waals surface area contributed by atoms with Gasteiger partial charge in [0.1, 0.15) is 0 Å². The highest BCUT2D eigenvalue weighted by Crippen LogP contribution is 2.19. The van der Waals surface area contributed by atoms with Crippen molar-refractivity contribution in [2.24, 2.45) is 0 Å². The molecular weight excluding hydrogens is 360 g/mol. The van der Waals surface area contributed by atoms with Crippen LogP contribution in [0.15, 0.2) is 37.0 Å². The van der Waals surface area contributed by atoms with Crippen LogP contribution in [0.4, 0.5) is 0 Å². The molecule has 0 saturated heterocycles. The van der Waals surface area contributed by atoms with Gasteiger partial charge in [0.25, 0.3) is 0 Å². The van der Waals surface area contributed by atoms with Gasteiger partial charge in [0, 0.05) is 0 Å². The van der Waals surface area contributed by atoms with Gasteiger partial charge in [-0.2, -0.15) is 0 Å². The van der Waals surface area contributed by atoms with Gasteiger partial charge in [-0.25, -0.2) is 0 Å². The Morgan fingerprint density at radius 2 is 0.767 bits per heavy atom. The van der Waals surface area contributed by atoms with Crippen molar-refractivity contribution < 1.29 is 0 Å². The maximum Gasteiger partial charge on any atom is -0.0320 e. The molecule has 0 heterocycles. The molecule has 0 rings (SSSR count). The molecule has 176 valence electrons. The van der Waals surface area contributed by atoms with E-state index in [1.807, 2.05) is 0 Å². The maximum atomic E-state index is 3.81. The molecule has 0 aliphatic carbocycles. The van der Waals surface area contributed by atoms with Crippen LogP contribution in [0.3, 0.4) is 0 Å². The number of allylic oxidation sites excluding steroid dienone is 4. The predicted octanol–water partition coefficient (Wildman–Crippen LogP) is 11.3.